The number of hydrogen-bond acceptors (Lipinski definition) is 4. The molecule has 0 radical (unpaired) electrons. The van der Waals surface area contributed by atoms with E-state index in [1.807, 2.05) is 23.3 Å². The molecule has 1 aliphatic heterocycles. The van der Waals surface area contributed by atoms with Crippen molar-refractivity contribution in [2.24, 2.45) is 17.6 Å². The summed E-state index contributed by atoms with van der Waals surface area (Å²) in [6, 6.07) is 4.55. The third-order valence-electron chi connectivity index (χ3n) is 4.85. The van der Waals surface area contributed by atoms with Gasteiger partial charge in [0.2, 0.25) is 0 Å². The van der Waals surface area contributed by atoms with E-state index in [1.165, 1.54) is 33.1 Å². The van der Waals surface area contributed by atoms with Crippen molar-refractivity contribution < 1.29 is 0 Å². The van der Waals surface area contributed by atoms with E-state index in [0.717, 1.165) is 25.6 Å². The summed E-state index contributed by atoms with van der Waals surface area (Å²) in [6.45, 7) is 7.67. The van der Waals surface area contributed by atoms with Crippen LogP contribution >= 0.6 is 23.3 Å². The van der Waals surface area contributed by atoms with Gasteiger partial charge in [-0.15, -0.1) is 11.3 Å². The average Bonchev–Trinajstić information content (AvgIpc) is 2.96. The highest BCUT2D eigenvalue weighted by Crippen LogP contribution is 2.38. The molecule has 1 unspecified atom stereocenters. The van der Waals surface area contributed by atoms with Gasteiger partial charge < -0.3 is 5.73 Å². The van der Waals surface area contributed by atoms with Gasteiger partial charge in [0.15, 0.2) is 0 Å². The lowest BCUT2D eigenvalue weighted by molar-refractivity contribution is 0.297. The van der Waals surface area contributed by atoms with Crippen molar-refractivity contribution in [1.82, 2.24) is 4.31 Å². The van der Waals surface area contributed by atoms with Crippen molar-refractivity contribution in [2.75, 3.05) is 19.6 Å². The number of rotatable bonds is 4. The Morgan fingerprint density at radius 3 is 2.78 bits per heavy atom. The molecule has 3 rings (SSSR count). The molecule has 0 amide bonds. The molecule has 23 heavy (non-hydrogen) atoms. The zero-order chi connectivity index (χ0) is 16.2. The molecule has 1 aliphatic carbocycles. The number of nitrogens with zero attached hydrogens (tertiary/aromatic N) is 1. The summed E-state index contributed by atoms with van der Waals surface area (Å²) >= 11 is 3.83. The van der Waals surface area contributed by atoms with Crippen LogP contribution in [0, 0.1) is 11.8 Å². The first-order valence-corrected chi connectivity index (χ1v) is 10.0. The van der Waals surface area contributed by atoms with Crippen LogP contribution in [-0.4, -0.2) is 23.9 Å². The van der Waals surface area contributed by atoms with E-state index < -0.39 is 0 Å². The Labute approximate surface area is 148 Å². The van der Waals surface area contributed by atoms with Crippen LogP contribution in [0.5, 0.6) is 0 Å². The molecule has 0 bridgehead atoms. The summed E-state index contributed by atoms with van der Waals surface area (Å²) < 4.78 is 3.89. The standard InChI is InChI=1S/C19H26N2S2/c1-14-5-3-4-6-17(15(14)2)18-7-8-19(22-18)23-21-11-9-16(13-20)10-12-21/h3-8,14,16H,9-13,20H2,1-2H3. The van der Waals surface area contributed by atoms with Gasteiger partial charge >= 0.3 is 0 Å². The van der Waals surface area contributed by atoms with Crippen molar-refractivity contribution in [3.8, 4) is 0 Å². The van der Waals surface area contributed by atoms with Crippen molar-refractivity contribution in [1.29, 1.82) is 0 Å². The molecule has 1 fully saturated rings. The van der Waals surface area contributed by atoms with Crippen molar-refractivity contribution in [2.45, 2.75) is 30.9 Å². The van der Waals surface area contributed by atoms with Gasteiger partial charge in [-0.1, -0.05) is 36.8 Å². The number of hydrogen-bond donors (Lipinski definition) is 1. The second kappa shape index (κ2) is 7.84. The first kappa shape index (κ1) is 17.0. The Hall–Kier alpha value is -0.810. The van der Waals surface area contributed by atoms with Crippen LogP contribution in [-0.2, 0) is 0 Å². The second-order valence-corrected chi connectivity index (χ2v) is 8.93. The van der Waals surface area contributed by atoms with Crippen LogP contribution in [0.25, 0.3) is 5.57 Å². The summed E-state index contributed by atoms with van der Waals surface area (Å²) in [6.07, 6.45) is 11.3. The minimum Gasteiger partial charge on any atom is -0.330 e. The summed E-state index contributed by atoms with van der Waals surface area (Å²) in [5.41, 5.74) is 8.63. The molecular formula is C19H26N2S2. The molecule has 2 heterocycles. The van der Waals surface area contributed by atoms with Gasteiger partial charge in [0.1, 0.15) is 0 Å². The molecule has 1 aromatic heterocycles. The number of nitrogens with two attached hydrogens (primary N) is 1. The van der Waals surface area contributed by atoms with Gasteiger partial charge in [0.25, 0.3) is 0 Å². The SMILES string of the molecule is CC1=C(c2ccc(SN3CCC(CN)CC3)s2)C=CC=CC1C. The highest BCUT2D eigenvalue weighted by molar-refractivity contribution is 7.99. The maximum Gasteiger partial charge on any atom is 0.0760 e. The number of thiophene rings is 1. The van der Waals surface area contributed by atoms with Gasteiger partial charge in [-0.25, -0.2) is 4.31 Å². The molecule has 2 N–H and O–H groups in total. The highest BCUT2D eigenvalue weighted by Gasteiger charge is 2.19. The van der Waals surface area contributed by atoms with E-state index in [1.54, 1.807) is 0 Å². The lowest BCUT2D eigenvalue weighted by atomic mass is 9.97. The van der Waals surface area contributed by atoms with Crippen LogP contribution in [0.15, 0.2) is 46.2 Å². The van der Waals surface area contributed by atoms with E-state index in [0.29, 0.717) is 5.92 Å². The minimum absolute atomic E-state index is 0.508. The minimum atomic E-state index is 0.508. The van der Waals surface area contributed by atoms with Crippen LogP contribution in [0.2, 0.25) is 0 Å². The van der Waals surface area contributed by atoms with Crippen LogP contribution < -0.4 is 5.73 Å². The molecule has 2 nitrogen and oxygen atoms in total. The van der Waals surface area contributed by atoms with E-state index in [9.17, 15) is 0 Å². The Kier molecular flexibility index (Phi) is 5.81. The summed E-state index contributed by atoms with van der Waals surface area (Å²) in [7, 11) is 0. The van der Waals surface area contributed by atoms with E-state index >= 15 is 0 Å². The van der Waals surface area contributed by atoms with Gasteiger partial charge in [-0.05, 0) is 67.8 Å². The molecule has 0 spiro atoms. The lowest BCUT2D eigenvalue weighted by Crippen LogP contribution is -2.31. The van der Waals surface area contributed by atoms with Crippen molar-refractivity contribution in [3.63, 3.8) is 0 Å². The van der Waals surface area contributed by atoms with Crippen LogP contribution in [0.1, 0.15) is 31.6 Å². The van der Waals surface area contributed by atoms with Gasteiger partial charge in [-0.3, -0.25) is 0 Å². The largest absolute Gasteiger partial charge is 0.330 e. The van der Waals surface area contributed by atoms with Crippen LogP contribution in [0.4, 0.5) is 0 Å². The van der Waals surface area contributed by atoms with Gasteiger partial charge in [-0.2, -0.15) is 0 Å². The normalized spacial score (nSPS) is 23.5. The van der Waals surface area contributed by atoms with E-state index in [2.05, 4.69) is 54.6 Å². The molecule has 2 aliphatic rings. The fourth-order valence-corrected chi connectivity index (χ4v) is 5.40. The average molecular weight is 347 g/mol. The van der Waals surface area contributed by atoms with Crippen molar-refractivity contribution in [3.05, 3.63) is 46.9 Å². The number of allylic oxidation sites excluding steroid dienone is 6. The quantitative estimate of drug-likeness (QED) is 0.781. The zero-order valence-electron chi connectivity index (χ0n) is 14.0. The molecule has 1 aromatic rings. The fourth-order valence-electron chi connectivity index (χ4n) is 3.06. The Bertz CT molecular complexity index is 619. The second-order valence-electron chi connectivity index (χ2n) is 6.45. The van der Waals surface area contributed by atoms with Gasteiger partial charge in [0.05, 0.1) is 4.21 Å². The van der Waals surface area contributed by atoms with E-state index in [-0.39, 0.29) is 0 Å². The summed E-state index contributed by atoms with van der Waals surface area (Å²) in [4.78, 5) is 1.38. The molecular weight excluding hydrogens is 320 g/mol. The Morgan fingerprint density at radius 2 is 2.04 bits per heavy atom. The summed E-state index contributed by atoms with van der Waals surface area (Å²) in [5, 5.41) is 0. The fraction of sp³-hybridized carbons (Fsp3) is 0.474. The first-order chi connectivity index (χ1) is 11.2. The maximum atomic E-state index is 5.78. The highest BCUT2D eigenvalue weighted by atomic mass is 32.2. The molecule has 0 saturated carbocycles. The number of piperidine rings is 1. The zero-order valence-corrected chi connectivity index (χ0v) is 15.6. The molecule has 4 heteroatoms. The topological polar surface area (TPSA) is 29.3 Å². The molecule has 1 atom stereocenters. The molecule has 1 saturated heterocycles. The first-order valence-electron chi connectivity index (χ1n) is 8.46. The third-order valence-corrected chi connectivity index (χ3v) is 7.18. The predicted octanol–water partition coefficient (Wildman–Crippen LogP) is 4.96. The molecule has 0 aromatic carbocycles. The Morgan fingerprint density at radius 1 is 1.26 bits per heavy atom. The monoisotopic (exact) mass is 346 g/mol. The van der Waals surface area contributed by atoms with Crippen molar-refractivity contribution >= 4 is 28.9 Å². The smallest absolute Gasteiger partial charge is 0.0760 e. The van der Waals surface area contributed by atoms with E-state index in [4.69, 9.17) is 5.73 Å². The Balaban J connectivity index is 1.68. The maximum absolute atomic E-state index is 5.78. The van der Waals surface area contributed by atoms with Crippen LogP contribution in [0.3, 0.4) is 0 Å². The van der Waals surface area contributed by atoms with Gasteiger partial charge in [0, 0.05) is 18.0 Å². The third kappa shape index (κ3) is 4.18. The predicted molar refractivity (Wildman–Crippen MR) is 104 cm³/mol. The molecule has 124 valence electrons. The summed E-state index contributed by atoms with van der Waals surface area (Å²) in [5.74, 6) is 1.23. The lowest BCUT2D eigenvalue weighted by Gasteiger charge is -2.29.